The summed E-state index contributed by atoms with van der Waals surface area (Å²) in [6.07, 6.45) is 3.25. The molecule has 60 heavy (non-hydrogen) atoms. The van der Waals surface area contributed by atoms with Crippen molar-refractivity contribution in [1.29, 1.82) is 5.26 Å². The first kappa shape index (κ1) is 39.8. The van der Waals surface area contributed by atoms with Crippen LogP contribution in [0.15, 0.2) is 89.0 Å². The molecule has 4 aromatic heterocycles. The third kappa shape index (κ3) is 7.22. The number of hydrogen-bond donors (Lipinski definition) is 3. The van der Waals surface area contributed by atoms with Crippen molar-refractivity contribution < 1.29 is 22.7 Å². The van der Waals surface area contributed by atoms with Crippen molar-refractivity contribution in [2.45, 2.75) is 58.5 Å². The van der Waals surface area contributed by atoms with E-state index in [-0.39, 0.29) is 29.5 Å². The number of benzene rings is 3. The Morgan fingerprint density at radius 2 is 1.70 bits per heavy atom. The molecule has 0 fully saturated rings. The van der Waals surface area contributed by atoms with Gasteiger partial charge in [0.2, 0.25) is 0 Å². The minimum Gasteiger partial charge on any atom is -0.469 e. The number of aromatic amines is 1. The van der Waals surface area contributed by atoms with Gasteiger partial charge in [0, 0.05) is 45.9 Å². The number of sulfonamides is 1. The van der Waals surface area contributed by atoms with Crippen LogP contribution in [0.2, 0.25) is 0 Å². The van der Waals surface area contributed by atoms with E-state index in [0.29, 0.717) is 39.4 Å². The average molecular weight is 838 g/mol. The number of fused-ring (bicyclic) bond motifs is 4. The second-order valence-electron chi connectivity index (χ2n) is 14.6. The summed E-state index contributed by atoms with van der Waals surface area (Å²) in [7, 11) is -2.59. The van der Waals surface area contributed by atoms with Crippen LogP contribution in [0.25, 0.3) is 27.0 Å². The Bertz CT molecular complexity index is 3050. The van der Waals surface area contributed by atoms with E-state index in [2.05, 4.69) is 50.1 Å². The Morgan fingerprint density at radius 3 is 2.40 bits per heavy atom. The van der Waals surface area contributed by atoms with Crippen molar-refractivity contribution in [3.05, 3.63) is 140 Å². The molecule has 0 aliphatic carbocycles. The number of aryl methyl sites for hydroxylation is 4. The standard InChI is InChI=1S/C44H39N9O5S2/c1-23-7-16-34(41-38(23)31(19-45)21-47-41)52-60(56,57)32-14-8-28(9-15-32)20-48-43(55)36-17-24(2)33(22-46-36)29-10-12-30(13-11-29)40-39-25(3)26(4)59-44(39)53-27(5)50-51-42(53)35(49-40)18-37(54)58-6/h7-17,21-22,35,47,52H,18,20H2,1-6H3,(H,48,55)/t35-/m0/s1. The molecule has 302 valence electrons. The smallest absolute Gasteiger partial charge is 0.308 e. The van der Waals surface area contributed by atoms with Crippen LogP contribution in [-0.4, -0.2) is 57.8 Å². The van der Waals surface area contributed by atoms with E-state index < -0.39 is 22.0 Å². The number of nitriles is 1. The SMILES string of the molecule is COC(=O)C[C@@H]1N=C(c2ccc(-c3cnc(C(=O)NCc4ccc(S(=O)(=O)Nc5ccc(C)c6c(C#N)c[nH]c56)cc4)cc3C)cc2)c2c(sc(C)c2C)-n2c(C)nnc21. The maximum absolute atomic E-state index is 13.3. The molecule has 0 radical (unpaired) electrons. The number of hydrogen-bond acceptors (Lipinski definition) is 11. The lowest BCUT2D eigenvalue weighted by atomic mass is 9.96. The molecule has 0 unspecified atom stereocenters. The molecule has 7 aromatic rings. The van der Waals surface area contributed by atoms with Crippen molar-refractivity contribution in [2.75, 3.05) is 11.8 Å². The molecule has 1 aliphatic heterocycles. The van der Waals surface area contributed by atoms with Gasteiger partial charge in [0.15, 0.2) is 5.82 Å². The number of aliphatic imine (C=N–C) groups is 1. The lowest BCUT2D eigenvalue weighted by molar-refractivity contribution is -0.141. The molecule has 0 saturated carbocycles. The Labute approximate surface area is 350 Å². The third-order valence-electron chi connectivity index (χ3n) is 10.7. The first-order chi connectivity index (χ1) is 28.8. The molecule has 3 N–H and O–H groups in total. The molecular formula is C44H39N9O5S2. The Balaban J connectivity index is 0.964. The van der Waals surface area contributed by atoms with Crippen LogP contribution < -0.4 is 10.0 Å². The number of ether oxygens (including phenoxy) is 1. The summed E-state index contributed by atoms with van der Waals surface area (Å²) >= 11 is 1.64. The van der Waals surface area contributed by atoms with Gasteiger partial charge in [-0.15, -0.1) is 21.5 Å². The number of pyridine rings is 1. The number of nitrogens with one attached hydrogen (secondary N) is 3. The first-order valence-electron chi connectivity index (χ1n) is 18.9. The summed E-state index contributed by atoms with van der Waals surface area (Å²) in [5.41, 5.74) is 9.39. The van der Waals surface area contributed by atoms with Gasteiger partial charge in [-0.05, 0) is 86.7 Å². The van der Waals surface area contributed by atoms with Gasteiger partial charge in [0.1, 0.15) is 28.6 Å². The predicted molar refractivity (Wildman–Crippen MR) is 229 cm³/mol. The average Bonchev–Trinajstić information content (AvgIpc) is 3.92. The molecule has 5 heterocycles. The Hall–Kier alpha value is -6.96. The van der Waals surface area contributed by atoms with Crippen LogP contribution >= 0.6 is 11.3 Å². The number of thiophene rings is 1. The summed E-state index contributed by atoms with van der Waals surface area (Å²) in [5, 5.41) is 22.7. The van der Waals surface area contributed by atoms with E-state index >= 15 is 0 Å². The molecule has 1 amide bonds. The minimum absolute atomic E-state index is 0.0158. The quantitative estimate of drug-likeness (QED) is 0.117. The van der Waals surface area contributed by atoms with Crippen LogP contribution in [0.4, 0.5) is 5.69 Å². The lowest BCUT2D eigenvalue weighted by Gasteiger charge is -2.13. The summed E-state index contributed by atoms with van der Waals surface area (Å²) in [6.45, 7) is 9.97. The fourth-order valence-electron chi connectivity index (χ4n) is 7.41. The van der Waals surface area contributed by atoms with Crippen molar-refractivity contribution in [2.24, 2.45) is 4.99 Å². The van der Waals surface area contributed by atoms with Gasteiger partial charge < -0.3 is 15.0 Å². The third-order valence-corrected chi connectivity index (χ3v) is 13.3. The Kier molecular flexibility index (Phi) is 10.4. The highest BCUT2D eigenvalue weighted by Gasteiger charge is 2.32. The van der Waals surface area contributed by atoms with Gasteiger partial charge >= 0.3 is 5.97 Å². The molecular weight excluding hydrogens is 799 g/mol. The van der Waals surface area contributed by atoms with E-state index in [1.165, 1.54) is 19.2 Å². The number of methoxy groups -OCH3 is 1. The van der Waals surface area contributed by atoms with E-state index in [1.807, 2.05) is 49.6 Å². The number of carbonyl (C=O) groups is 2. The zero-order valence-electron chi connectivity index (χ0n) is 33.5. The predicted octanol–water partition coefficient (Wildman–Crippen LogP) is 7.47. The normalized spacial score (nSPS) is 13.5. The van der Waals surface area contributed by atoms with Crippen molar-refractivity contribution >= 4 is 55.5 Å². The fourth-order valence-corrected chi connectivity index (χ4v) is 9.70. The van der Waals surface area contributed by atoms with Crippen LogP contribution in [0.3, 0.4) is 0 Å². The number of H-pyrrole nitrogens is 1. The van der Waals surface area contributed by atoms with Gasteiger partial charge in [-0.2, -0.15) is 5.26 Å². The van der Waals surface area contributed by atoms with Crippen molar-refractivity contribution in [1.82, 2.24) is 30.0 Å². The van der Waals surface area contributed by atoms with E-state index in [0.717, 1.165) is 54.5 Å². The highest BCUT2D eigenvalue weighted by atomic mass is 32.2. The Morgan fingerprint density at radius 1 is 0.967 bits per heavy atom. The molecule has 14 nitrogen and oxygen atoms in total. The molecule has 3 aromatic carbocycles. The summed E-state index contributed by atoms with van der Waals surface area (Å²) < 4.78 is 36.2. The van der Waals surface area contributed by atoms with Crippen LogP contribution in [-0.2, 0) is 26.1 Å². The van der Waals surface area contributed by atoms with Gasteiger partial charge in [0.25, 0.3) is 15.9 Å². The van der Waals surface area contributed by atoms with Gasteiger partial charge in [-0.3, -0.25) is 28.9 Å². The molecule has 16 heteroatoms. The summed E-state index contributed by atoms with van der Waals surface area (Å²) in [5.74, 6) is 0.528. The van der Waals surface area contributed by atoms with E-state index in [1.54, 1.807) is 54.1 Å². The number of esters is 1. The molecule has 0 saturated heterocycles. The molecule has 1 atom stereocenters. The van der Waals surface area contributed by atoms with Crippen molar-refractivity contribution in [3.8, 4) is 22.2 Å². The van der Waals surface area contributed by atoms with E-state index in [4.69, 9.17) is 9.73 Å². The largest absolute Gasteiger partial charge is 0.469 e. The van der Waals surface area contributed by atoms with Crippen LogP contribution in [0.5, 0.6) is 0 Å². The second-order valence-corrected chi connectivity index (χ2v) is 17.5. The maximum atomic E-state index is 13.3. The van der Waals surface area contributed by atoms with E-state index in [9.17, 15) is 23.3 Å². The van der Waals surface area contributed by atoms with Crippen LogP contribution in [0, 0.1) is 45.9 Å². The zero-order valence-corrected chi connectivity index (χ0v) is 35.2. The van der Waals surface area contributed by atoms with Crippen molar-refractivity contribution in [3.63, 3.8) is 0 Å². The number of rotatable bonds is 10. The monoisotopic (exact) mass is 837 g/mol. The summed E-state index contributed by atoms with van der Waals surface area (Å²) in [6, 6.07) is 20.9. The molecule has 1 aliphatic rings. The van der Waals surface area contributed by atoms with Crippen LogP contribution in [0.1, 0.15) is 78.4 Å². The number of anilines is 1. The van der Waals surface area contributed by atoms with Gasteiger partial charge in [-0.25, -0.2) is 8.42 Å². The minimum atomic E-state index is -3.95. The second kappa shape index (κ2) is 15.7. The number of carbonyl (C=O) groups excluding carboxylic acids is 2. The number of nitrogens with zero attached hydrogens (tertiary/aromatic N) is 6. The molecule has 0 spiro atoms. The molecule has 0 bridgehead atoms. The first-order valence-corrected chi connectivity index (χ1v) is 21.2. The number of aromatic nitrogens is 5. The van der Waals surface area contributed by atoms with Gasteiger partial charge in [0.05, 0.1) is 40.9 Å². The highest BCUT2D eigenvalue weighted by molar-refractivity contribution is 7.92. The lowest BCUT2D eigenvalue weighted by Crippen LogP contribution is -2.24. The highest BCUT2D eigenvalue weighted by Crippen LogP contribution is 2.40. The topological polar surface area (TPSA) is 197 Å². The summed E-state index contributed by atoms with van der Waals surface area (Å²) in [4.78, 5) is 39.6. The zero-order chi connectivity index (χ0) is 42.5. The number of amides is 1. The fraction of sp³-hybridized carbons (Fsp3) is 0.205. The van der Waals surface area contributed by atoms with Gasteiger partial charge in [-0.1, -0.05) is 42.5 Å². The maximum Gasteiger partial charge on any atom is 0.308 e. The molecule has 8 rings (SSSR count).